The van der Waals surface area contributed by atoms with Crippen LogP contribution in [0.15, 0.2) is 36.7 Å². The first-order chi connectivity index (χ1) is 10.6. The van der Waals surface area contributed by atoms with Crippen LogP contribution in [0.2, 0.25) is 0 Å². The molecule has 1 aromatic carbocycles. The van der Waals surface area contributed by atoms with Crippen molar-refractivity contribution in [3.8, 4) is 5.75 Å². The number of amides is 1. The molecule has 1 N–H and O–H groups in total. The number of nitrogens with zero attached hydrogens (tertiary/aromatic N) is 2. The topological polar surface area (TPSA) is 56.1 Å². The summed E-state index contributed by atoms with van der Waals surface area (Å²) in [6.45, 7) is 4.68. The van der Waals surface area contributed by atoms with Crippen molar-refractivity contribution in [1.82, 2.24) is 14.9 Å². The van der Waals surface area contributed by atoms with Gasteiger partial charge in [0.1, 0.15) is 11.6 Å². The molecule has 3 rings (SSSR count). The Morgan fingerprint density at radius 2 is 2.23 bits per heavy atom. The highest BCUT2D eigenvalue weighted by molar-refractivity contribution is 5.97. The first-order valence-corrected chi connectivity index (χ1v) is 7.70. The number of hydrogen-bond donors (Lipinski definition) is 1. The number of ether oxygens (including phenoxy) is 1. The quantitative estimate of drug-likeness (QED) is 0.943. The molecule has 0 fully saturated rings. The number of benzene rings is 1. The van der Waals surface area contributed by atoms with Gasteiger partial charge in [-0.2, -0.15) is 0 Å². The van der Waals surface area contributed by atoms with E-state index in [1.807, 2.05) is 44.4 Å². The molecule has 1 aromatic heterocycles. The van der Waals surface area contributed by atoms with E-state index >= 15 is 0 Å². The van der Waals surface area contributed by atoms with Gasteiger partial charge in [-0.05, 0) is 32.4 Å². The summed E-state index contributed by atoms with van der Waals surface area (Å²) in [6.07, 6.45) is 5.62. The zero-order valence-electron chi connectivity index (χ0n) is 13.0. The molecule has 5 heteroatoms. The summed E-state index contributed by atoms with van der Waals surface area (Å²) in [6, 6.07) is 7.51. The van der Waals surface area contributed by atoms with Crippen molar-refractivity contribution in [2.45, 2.75) is 45.4 Å². The number of carbonyl (C=O) groups is 1. The number of imidazole rings is 1. The number of fused-ring (bicyclic) bond motifs is 1. The van der Waals surface area contributed by atoms with E-state index in [-0.39, 0.29) is 18.1 Å². The zero-order chi connectivity index (χ0) is 15.5. The van der Waals surface area contributed by atoms with Crippen molar-refractivity contribution in [2.75, 3.05) is 0 Å². The first-order valence-electron chi connectivity index (χ1n) is 7.70. The van der Waals surface area contributed by atoms with Crippen LogP contribution >= 0.6 is 0 Å². The van der Waals surface area contributed by atoms with Crippen molar-refractivity contribution in [1.29, 1.82) is 0 Å². The number of nitrogens with one attached hydrogen (secondary N) is 1. The van der Waals surface area contributed by atoms with Crippen LogP contribution in [0, 0.1) is 0 Å². The molecule has 116 valence electrons. The van der Waals surface area contributed by atoms with Crippen molar-refractivity contribution in [2.24, 2.45) is 0 Å². The molecule has 1 atom stereocenters. The summed E-state index contributed by atoms with van der Waals surface area (Å²) in [5, 5.41) is 3.11. The van der Waals surface area contributed by atoms with Crippen LogP contribution in [0.4, 0.5) is 0 Å². The summed E-state index contributed by atoms with van der Waals surface area (Å²) < 4.78 is 7.83. The lowest BCUT2D eigenvalue weighted by Gasteiger charge is -2.25. The predicted molar refractivity (Wildman–Crippen MR) is 84.0 cm³/mol. The predicted octanol–water partition coefficient (Wildman–Crippen LogP) is 2.42. The highest BCUT2D eigenvalue weighted by Gasteiger charge is 2.22. The van der Waals surface area contributed by atoms with Crippen LogP contribution in [-0.2, 0) is 13.0 Å². The van der Waals surface area contributed by atoms with Crippen LogP contribution in [0.3, 0.4) is 0 Å². The molecule has 0 saturated heterocycles. The van der Waals surface area contributed by atoms with E-state index in [0.29, 0.717) is 11.3 Å². The Labute approximate surface area is 130 Å². The normalized spacial score (nSPS) is 17.1. The minimum absolute atomic E-state index is 0.0390. The molecule has 0 bridgehead atoms. The smallest absolute Gasteiger partial charge is 0.255 e. The van der Waals surface area contributed by atoms with Gasteiger partial charge in [0, 0.05) is 31.4 Å². The van der Waals surface area contributed by atoms with Gasteiger partial charge >= 0.3 is 0 Å². The van der Waals surface area contributed by atoms with Gasteiger partial charge in [0.25, 0.3) is 5.91 Å². The van der Waals surface area contributed by atoms with Crippen molar-refractivity contribution in [3.05, 3.63) is 48.0 Å². The maximum Gasteiger partial charge on any atom is 0.255 e. The van der Waals surface area contributed by atoms with Gasteiger partial charge in [0.15, 0.2) is 0 Å². The van der Waals surface area contributed by atoms with E-state index in [0.717, 1.165) is 25.2 Å². The third-order valence-corrected chi connectivity index (χ3v) is 3.76. The van der Waals surface area contributed by atoms with Gasteiger partial charge in [-0.1, -0.05) is 12.1 Å². The molecule has 0 spiro atoms. The first kappa shape index (κ1) is 14.6. The largest absolute Gasteiger partial charge is 0.490 e. The Hall–Kier alpha value is -2.30. The van der Waals surface area contributed by atoms with Crippen LogP contribution < -0.4 is 10.1 Å². The van der Waals surface area contributed by atoms with E-state index in [1.54, 1.807) is 6.07 Å². The lowest BCUT2D eigenvalue weighted by atomic mass is 10.1. The lowest BCUT2D eigenvalue weighted by Crippen LogP contribution is -2.41. The Bertz CT molecular complexity index is 663. The van der Waals surface area contributed by atoms with Gasteiger partial charge in [-0.25, -0.2) is 4.98 Å². The van der Waals surface area contributed by atoms with E-state index in [1.165, 1.54) is 0 Å². The fourth-order valence-corrected chi connectivity index (χ4v) is 2.76. The molecule has 2 aromatic rings. The van der Waals surface area contributed by atoms with Gasteiger partial charge in [0.05, 0.1) is 11.7 Å². The number of para-hydroxylation sites is 1. The molecule has 0 radical (unpaired) electrons. The summed E-state index contributed by atoms with van der Waals surface area (Å²) in [7, 11) is 0. The second-order valence-electron chi connectivity index (χ2n) is 5.87. The fourth-order valence-electron chi connectivity index (χ4n) is 2.76. The summed E-state index contributed by atoms with van der Waals surface area (Å²) in [4.78, 5) is 16.9. The van der Waals surface area contributed by atoms with Crippen LogP contribution in [0.1, 0.15) is 36.5 Å². The third-order valence-electron chi connectivity index (χ3n) is 3.76. The molecule has 0 unspecified atom stereocenters. The zero-order valence-corrected chi connectivity index (χ0v) is 13.0. The molecule has 0 saturated carbocycles. The van der Waals surface area contributed by atoms with E-state index in [4.69, 9.17) is 4.74 Å². The Morgan fingerprint density at radius 1 is 1.41 bits per heavy atom. The number of hydrogen-bond acceptors (Lipinski definition) is 3. The average molecular weight is 299 g/mol. The molecule has 1 aliphatic rings. The maximum absolute atomic E-state index is 12.5. The monoisotopic (exact) mass is 299 g/mol. The van der Waals surface area contributed by atoms with Crippen molar-refractivity contribution < 1.29 is 9.53 Å². The Balaban J connectivity index is 1.70. The lowest BCUT2D eigenvalue weighted by molar-refractivity contribution is 0.0921. The molecular formula is C17H21N3O2. The van der Waals surface area contributed by atoms with Gasteiger partial charge in [-0.3, -0.25) is 4.79 Å². The fraction of sp³-hybridized carbons (Fsp3) is 0.412. The molecule has 1 aliphatic heterocycles. The summed E-state index contributed by atoms with van der Waals surface area (Å²) >= 11 is 0. The molecule has 0 aliphatic carbocycles. The van der Waals surface area contributed by atoms with Crippen molar-refractivity contribution >= 4 is 5.91 Å². The van der Waals surface area contributed by atoms with Crippen LogP contribution in [-0.4, -0.2) is 27.6 Å². The second-order valence-corrected chi connectivity index (χ2v) is 5.87. The minimum atomic E-state index is -0.0789. The molecule has 5 nitrogen and oxygen atoms in total. The minimum Gasteiger partial charge on any atom is -0.490 e. The number of aryl methyl sites for hydroxylation is 1. The second kappa shape index (κ2) is 6.22. The third kappa shape index (κ3) is 3.13. The van der Waals surface area contributed by atoms with Crippen LogP contribution in [0.5, 0.6) is 5.75 Å². The maximum atomic E-state index is 12.5. The highest BCUT2D eigenvalue weighted by atomic mass is 16.5. The van der Waals surface area contributed by atoms with E-state index < -0.39 is 0 Å². The number of rotatable bonds is 4. The Morgan fingerprint density at radius 3 is 3.05 bits per heavy atom. The standard InChI is InChI=1S/C17H21N3O2/c1-12(2)22-15-6-4-3-5-14(15)17(21)19-13-7-8-16-18-9-10-20(16)11-13/h3-6,9-10,12-13H,7-8,11H2,1-2H3,(H,19,21)/t13-/m0/s1. The molecule has 22 heavy (non-hydrogen) atoms. The van der Waals surface area contributed by atoms with Gasteiger partial charge in [-0.15, -0.1) is 0 Å². The van der Waals surface area contributed by atoms with E-state index in [2.05, 4.69) is 14.9 Å². The molecule has 2 heterocycles. The van der Waals surface area contributed by atoms with E-state index in [9.17, 15) is 4.79 Å². The average Bonchev–Trinajstić information content (AvgIpc) is 2.94. The summed E-state index contributed by atoms with van der Waals surface area (Å²) in [5.74, 6) is 1.65. The molecular weight excluding hydrogens is 278 g/mol. The number of carbonyl (C=O) groups excluding carboxylic acids is 1. The van der Waals surface area contributed by atoms with Gasteiger partial charge in [0.2, 0.25) is 0 Å². The summed E-state index contributed by atoms with van der Waals surface area (Å²) in [5.41, 5.74) is 0.590. The Kier molecular flexibility index (Phi) is 4.13. The molecule has 1 amide bonds. The SMILES string of the molecule is CC(C)Oc1ccccc1C(=O)N[C@H]1CCc2nccn2C1. The number of aromatic nitrogens is 2. The van der Waals surface area contributed by atoms with Crippen molar-refractivity contribution in [3.63, 3.8) is 0 Å². The highest BCUT2D eigenvalue weighted by Crippen LogP contribution is 2.20. The van der Waals surface area contributed by atoms with Gasteiger partial charge < -0.3 is 14.6 Å². The van der Waals surface area contributed by atoms with Crippen LogP contribution in [0.25, 0.3) is 0 Å².